The van der Waals surface area contributed by atoms with E-state index in [1.54, 1.807) is 30.3 Å². The van der Waals surface area contributed by atoms with E-state index in [4.69, 9.17) is 11.6 Å². The molecular formula is C13H13ClO4. The molecule has 0 N–H and O–H groups in total. The number of ether oxygens (including phenoxy) is 2. The van der Waals surface area contributed by atoms with Gasteiger partial charge in [0.2, 0.25) is 0 Å². The van der Waals surface area contributed by atoms with E-state index in [0.717, 1.165) is 0 Å². The Morgan fingerprint density at radius 3 is 2.56 bits per heavy atom. The first-order valence-electron chi connectivity index (χ1n) is 5.18. The van der Waals surface area contributed by atoms with E-state index < -0.39 is 11.9 Å². The quantitative estimate of drug-likeness (QED) is 0.622. The van der Waals surface area contributed by atoms with Crippen LogP contribution < -0.4 is 0 Å². The van der Waals surface area contributed by atoms with Gasteiger partial charge in [0.05, 0.1) is 20.6 Å². The van der Waals surface area contributed by atoms with Gasteiger partial charge < -0.3 is 9.47 Å². The van der Waals surface area contributed by atoms with Crippen LogP contribution in [0.5, 0.6) is 0 Å². The van der Waals surface area contributed by atoms with Crippen molar-refractivity contribution in [1.29, 1.82) is 0 Å². The minimum Gasteiger partial charge on any atom is -0.469 e. The molecular weight excluding hydrogens is 256 g/mol. The van der Waals surface area contributed by atoms with Gasteiger partial charge in [0.25, 0.3) is 0 Å². The van der Waals surface area contributed by atoms with Gasteiger partial charge in [-0.25, -0.2) is 4.79 Å². The van der Waals surface area contributed by atoms with Crippen LogP contribution in [-0.2, 0) is 19.1 Å². The number of esters is 2. The molecule has 0 aliphatic carbocycles. The van der Waals surface area contributed by atoms with Gasteiger partial charge in [0, 0.05) is 10.6 Å². The first kappa shape index (κ1) is 14.3. The molecule has 1 rings (SSSR count). The van der Waals surface area contributed by atoms with Crippen LogP contribution in [0.3, 0.4) is 0 Å². The molecule has 0 bridgehead atoms. The third-order valence-corrected chi connectivity index (χ3v) is 2.43. The summed E-state index contributed by atoms with van der Waals surface area (Å²) < 4.78 is 9.14. The van der Waals surface area contributed by atoms with Gasteiger partial charge in [0.15, 0.2) is 0 Å². The number of carbonyl (C=O) groups is 2. The Bertz CT molecular complexity index is 480. The van der Waals surface area contributed by atoms with Crippen molar-refractivity contribution in [1.82, 2.24) is 0 Å². The molecule has 96 valence electrons. The zero-order valence-corrected chi connectivity index (χ0v) is 10.9. The largest absolute Gasteiger partial charge is 0.469 e. The average Bonchev–Trinajstić information content (AvgIpc) is 2.36. The third kappa shape index (κ3) is 4.22. The smallest absolute Gasteiger partial charge is 0.334 e. The number of hydrogen-bond acceptors (Lipinski definition) is 4. The molecule has 0 amide bonds. The van der Waals surface area contributed by atoms with Gasteiger partial charge in [-0.2, -0.15) is 0 Å². The molecule has 4 nitrogen and oxygen atoms in total. The SMILES string of the molecule is COC(=O)CC(=Cc1cccc(Cl)c1)C(=O)OC. The van der Waals surface area contributed by atoms with E-state index in [9.17, 15) is 9.59 Å². The molecule has 0 unspecified atom stereocenters. The Morgan fingerprint density at radius 2 is 2.00 bits per heavy atom. The Kier molecular flexibility index (Phi) is 5.39. The van der Waals surface area contributed by atoms with Crippen molar-refractivity contribution in [3.63, 3.8) is 0 Å². The van der Waals surface area contributed by atoms with Gasteiger partial charge in [-0.3, -0.25) is 4.79 Å². The molecule has 0 saturated carbocycles. The van der Waals surface area contributed by atoms with Gasteiger partial charge in [-0.05, 0) is 23.8 Å². The summed E-state index contributed by atoms with van der Waals surface area (Å²) in [5.41, 5.74) is 0.929. The average molecular weight is 269 g/mol. The minimum atomic E-state index is -0.569. The van der Waals surface area contributed by atoms with E-state index in [-0.39, 0.29) is 12.0 Å². The summed E-state index contributed by atoms with van der Waals surface area (Å²) in [6.45, 7) is 0. The molecule has 0 heterocycles. The van der Waals surface area contributed by atoms with Crippen LogP contribution in [0.1, 0.15) is 12.0 Å². The van der Waals surface area contributed by atoms with Crippen LogP contribution in [-0.4, -0.2) is 26.2 Å². The Labute approximate surface area is 110 Å². The fourth-order valence-corrected chi connectivity index (χ4v) is 1.54. The second-order valence-corrected chi connectivity index (χ2v) is 3.91. The summed E-state index contributed by atoms with van der Waals surface area (Å²) in [5, 5.41) is 0.547. The van der Waals surface area contributed by atoms with Crippen LogP contribution >= 0.6 is 11.6 Å². The first-order chi connectivity index (χ1) is 8.56. The predicted octanol–water partition coefficient (Wildman–Crippen LogP) is 2.46. The number of carbonyl (C=O) groups excluding carboxylic acids is 2. The second-order valence-electron chi connectivity index (χ2n) is 3.47. The topological polar surface area (TPSA) is 52.6 Å². The van der Waals surface area contributed by atoms with E-state index >= 15 is 0 Å². The molecule has 0 atom stereocenters. The van der Waals surface area contributed by atoms with Crippen molar-refractivity contribution in [3.8, 4) is 0 Å². The van der Waals surface area contributed by atoms with Crippen molar-refractivity contribution in [2.75, 3.05) is 14.2 Å². The Morgan fingerprint density at radius 1 is 1.28 bits per heavy atom. The summed E-state index contributed by atoms with van der Waals surface area (Å²) in [6, 6.07) is 6.92. The molecule has 0 aliphatic rings. The fourth-order valence-electron chi connectivity index (χ4n) is 1.34. The molecule has 0 saturated heterocycles. The zero-order chi connectivity index (χ0) is 13.5. The van der Waals surface area contributed by atoms with Gasteiger partial charge >= 0.3 is 11.9 Å². The van der Waals surface area contributed by atoms with Crippen molar-refractivity contribution >= 4 is 29.6 Å². The van der Waals surface area contributed by atoms with Crippen molar-refractivity contribution in [2.24, 2.45) is 0 Å². The summed E-state index contributed by atoms with van der Waals surface area (Å²) in [6.07, 6.45) is 1.41. The van der Waals surface area contributed by atoms with E-state index in [2.05, 4.69) is 9.47 Å². The molecule has 0 fully saturated rings. The fraction of sp³-hybridized carbons (Fsp3) is 0.231. The molecule has 18 heavy (non-hydrogen) atoms. The molecule has 0 aromatic heterocycles. The highest BCUT2D eigenvalue weighted by Crippen LogP contribution is 2.16. The predicted molar refractivity (Wildman–Crippen MR) is 68.1 cm³/mol. The minimum absolute atomic E-state index is 0.143. The summed E-state index contributed by atoms with van der Waals surface area (Å²) in [4.78, 5) is 22.7. The van der Waals surface area contributed by atoms with Crippen LogP contribution in [0, 0.1) is 0 Å². The highest BCUT2D eigenvalue weighted by Gasteiger charge is 2.14. The lowest BCUT2D eigenvalue weighted by molar-refractivity contribution is -0.143. The normalized spacial score (nSPS) is 10.9. The molecule has 5 heteroatoms. The Balaban J connectivity index is 3.02. The number of halogens is 1. The lowest BCUT2D eigenvalue weighted by Gasteiger charge is -2.04. The zero-order valence-electron chi connectivity index (χ0n) is 10.1. The van der Waals surface area contributed by atoms with Gasteiger partial charge in [0.1, 0.15) is 0 Å². The monoisotopic (exact) mass is 268 g/mol. The third-order valence-electron chi connectivity index (χ3n) is 2.20. The molecule has 1 aromatic carbocycles. The first-order valence-corrected chi connectivity index (χ1v) is 5.56. The molecule has 0 spiro atoms. The molecule has 1 aromatic rings. The summed E-state index contributed by atoms with van der Waals surface area (Å²) in [7, 11) is 2.52. The number of hydrogen-bond donors (Lipinski definition) is 0. The number of benzene rings is 1. The van der Waals surface area contributed by atoms with Gasteiger partial charge in [-0.15, -0.1) is 0 Å². The van der Waals surface area contributed by atoms with Crippen LogP contribution in [0.4, 0.5) is 0 Å². The maximum atomic E-state index is 11.5. The van der Waals surface area contributed by atoms with Crippen LogP contribution in [0.25, 0.3) is 6.08 Å². The van der Waals surface area contributed by atoms with E-state index in [0.29, 0.717) is 10.6 Å². The highest BCUT2D eigenvalue weighted by molar-refractivity contribution is 6.30. The van der Waals surface area contributed by atoms with E-state index in [1.165, 1.54) is 14.2 Å². The number of methoxy groups -OCH3 is 2. The lowest BCUT2D eigenvalue weighted by atomic mass is 10.1. The van der Waals surface area contributed by atoms with Crippen molar-refractivity contribution in [2.45, 2.75) is 6.42 Å². The number of rotatable bonds is 4. The van der Waals surface area contributed by atoms with Crippen LogP contribution in [0.15, 0.2) is 29.8 Å². The Hall–Kier alpha value is -1.81. The molecule has 0 radical (unpaired) electrons. The second kappa shape index (κ2) is 6.81. The van der Waals surface area contributed by atoms with Crippen molar-refractivity contribution < 1.29 is 19.1 Å². The standard InChI is InChI=1S/C13H13ClO4/c1-17-12(15)8-10(13(16)18-2)6-9-4-3-5-11(14)7-9/h3-7H,8H2,1-2H3. The lowest BCUT2D eigenvalue weighted by Crippen LogP contribution is -2.10. The maximum Gasteiger partial charge on any atom is 0.334 e. The van der Waals surface area contributed by atoms with E-state index in [1.807, 2.05) is 0 Å². The van der Waals surface area contributed by atoms with Gasteiger partial charge in [-0.1, -0.05) is 23.7 Å². The maximum absolute atomic E-state index is 11.5. The highest BCUT2D eigenvalue weighted by atomic mass is 35.5. The molecule has 0 aliphatic heterocycles. The van der Waals surface area contributed by atoms with Crippen molar-refractivity contribution in [3.05, 3.63) is 40.4 Å². The summed E-state index contributed by atoms with van der Waals surface area (Å²) in [5.74, 6) is -1.07. The summed E-state index contributed by atoms with van der Waals surface area (Å²) >= 11 is 5.84. The van der Waals surface area contributed by atoms with Crippen LogP contribution in [0.2, 0.25) is 5.02 Å².